The number of hydrogen-bond donors (Lipinski definition) is 0. The van der Waals surface area contributed by atoms with Crippen LogP contribution in [0.25, 0.3) is 11.5 Å². The maximum atomic E-state index is 13.1. The Labute approximate surface area is 157 Å². The molecule has 142 valence electrons. The summed E-state index contributed by atoms with van der Waals surface area (Å²) in [6.45, 7) is 4.21. The monoisotopic (exact) mass is 388 g/mol. The summed E-state index contributed by atoms with van der Waals surface area (Å²) in [6.07, 6.45) is 3.96. The minimum absolute atomic E-state index is 0.105. The van der Waals surface area contributed by atoms with Crippen LogP contribution in [0.2, 0.25) is 0 Å². The summed E-state index contributed by atoms with van der Waals surface area (Å²) in [6, 6.07) is 3.63. The Hall–Kier alpha value is -2.59. The Bertz CT molecular complexity index is 1070. The largest absolute Gasteiger partial charge is 0.334 e. The second-order valence-electron chi connectivity index (χ2n) is 6.67. The van der Waals surface area contributed by atoms with Crippen LogP contribution in [-0.2, 0) is 17.1 Å². The van der Waals surface area contributed by atoms with E-state index >= 15 is 0 Å². The second kappa shape index (κ2) is 6.54. The van der Waals surface area contributed by atoms with Crippen molar-refractivity contribution < 1.29 is 12.9 Å². The molecule has 1 atom stereocenters. The van der Waals surface area contributed by atoms with Gasteiger partial charge < -0.3 is 4.52 Å². The minimum Gasteiger partial charge on any atom is -0.334 e. The quantitative estimate of drug-likeness (QED) is 0.669. The van der Waals surface area contributed by atoms with Crippen LogP contribution in [0.1, 0.15) is 29.6 Å². The van der Waals surface area contributed by atoms with Crippen molar-refractivity contribution in [3.63, 3.8) is 0 Å². The predicted octanol–water partition coefficient (Wildman–Crippen LogP) is 1.66. The highest BCUT2D eigenvalue weighted by molar-refractivity contribution is 7.89. The van der Waals surface area contributed by atoms with Crippen LogP contribution >= 0.6 is 0 Å². The summed E-state index contributed by atoms with van der Waals surface area (Å²) >= 11 is 0. The number of sulfonamides is 1. The first kappa shape index (κ1) is 17.8. The molecule has 0 amide bonds. The molecule has 3 aromatic heterocycles. The van der Waals surface area contributed by atoms with E-state index in [1.807, 2.05) is 6.07 Å². The Morgan fingerprint density at radius 2 is 2.11 bits per heavy atom. The lowest BCUT2D eigenvalue weighted by atomic mass is 10.1. The maximum Gasteiger partial charge on any atom is 0.259 e. The lowest BCUT2D eigenvalue weighted by Gasteiger charge is -2.16. The molecule has 4 rings (SSSR count). The van der Waals surface area contributed by atoms with Gasteiger partial charge in [0.15, 0.2) is 5.82 Å². The number of hydrogen-bond acceptors (Lipinski definition) is 7. The molecule has 0 aliphatic carbocycles. The molecule has 0 saturated carbocycles. The van der Waals surface area contributed by atoms with Gasteiger partial charge in [0, 0.05) is 38.4 Å². The van der Waals surface area contributed by atoms with E-state index in [0.717, 1.165) is 5.56 Å². The van der Waals surface area contributed by atoms with E-state index in [9.17, 15) is 8.42 Å². The molecule has 4 heterocycles. The molecule has 1 saturated heterocycles. The minimum atomic E-state index is -3.61. The van der Waals surface area contributed by atoms with Gasteiger partial charge in [0.05, 0.1) is 17.0 Å². The Kier molecular flexibility index (Phi) is 4.31. The van der Waals surface area contributed by atoms with Crippen LogP contribution < -0.4 is 0 Å². The Morgan fingerprint density at radius 1 is 1.30 bits per heavy atom. The van der Waals surface area contributed by atoms with E-state index in [4.69, 9.17) is 4.52 Å². The number of nitrogens with zero attached hydrogens (tertiary/aromatic N) is 6. The van der Waals surface area contributed by atoms with Gasteiger partial charge in [0.25, 0.3) is 5.89 Å². The summed E-state index contributed by atoms with van der Waals surface area (Å²) in [5.41, 5.74) is 1.88. The number of rotatable bonds is 4. The second-order valence-corrected chi connectivity index (χ2v) is 8.55. The van der Waals surface area contributed by atoms with E-state index in [1.54, 1.807) is 44.0 Å². The molecule has 3 aromatic rings. The Morgan fingerprint density at radius 3 is 2.78 bits per heavy atom. The van der Waals surface area contributed by atoms with Crippen molar-refractivity contribution in [3.8, 4) is 11.5 Å². The molecule has 0 N–H and O–H groups in total. The average Bonchev–Trinajstić information content (AvgIpc) is 3.36. The third-order valence-electron chi connectivity index (χ3n) is 4.91. The van der Waals surface area contributed by atoms with E-state index in [2.05, 4.69) is 20.2 Å². The molecule has 1 aliphatic rings. The zero-order valence-electron chi connectivity index (χ0n) is 15.3. The summed E-state index contributed by atoms with van der Waals surface area (Å²) < 4.78 is 34.6. The standard InChI is InChI=1S/C17H20N6O3S/c1-11-15(12(2)22(3)20-11)27(24,25)23-8-6-14(10-23)16-19-17(26-21-16)13-5-4-7-18-9-13/h4-5,7,9,14H,6,8,10H2,1-3H3. The van der Waals surface area contributed by atoms with Crippen LogP contribution in [0.4, 0.5) is 0 Å². The maximum absolute atomic E-state index is 13.1. The van der Waals surface area contributed by atoms with E-state index < -0.39 is 10.0 Å². The van der Waals surface area contributed by atoms with Gasteiger partial charge in [-0.05, 0) is 32.4 Å². The first-order valence-electron chi connectivity index (χ1n) is 8.62. The average molecular weight is 388 g/mol. The Balaban J connectivity index is 1.56. The molecule has 1 fully saturated rings. The van der Waals surface area contributed by atoms with Gasteiger partial charge in [-0.25, -0.2) is 8.42 Å². The highest BCUT2D eigenvalue weighted by atomic mass is 32.2. The zero-order valence-corrected chi connectivity index (χ0v) is 16.1. The van der Waals surface area contributed by atoms with Gasteiger partial charge in [-0.3, -0.25) is 9.67 Å². The first-order valence-corrected chi connectivity index (χ1v) is 10.1. The van der Waals surface area contributed by atoms with Crippen LogP contribution in [0.3, 0.4) is 0 Å². The van der Waals surface area contributed by atoms with Crippen molar-refractivity contribution >= 4 is 10.0 Å². The fourth-order valence-electron chi connectivity index (χ4n) is 3.42. The molecule has 10 heteroatoms. The van der Waals surface area contributed by atoms with Crippen LogP contribution in [0.5, 0.6) is 0 Å². The molecule has 0 bridgehead atoms. The summed E-state index contributed by atoms with van der Waals surface area (Å²) in [7, 11) is -1.87. The number of aromatic nitrogens is 5. The molecule has 1 unspecified atom stereocenters. The van der Waals surface area contributed by atoms with Crippen LogP contribution in [-0.4, -0.2) is 50.7 Å². The predicted molar refractivity (Wildman–Crippen MR) is 96.3 cm³/mol. The van der Waals surface area contributed by atoms with E-state index in [-0.39, 0.29) is 10.8 Å². The molecule has 0 radical (unpaired) electrons. The zero-order chi connectivity index (χ0) is 19.2. The van der Waals surface area contributed by atoms with Crippen molar-refractivity contribution in [1.82, 2.24) is 29.2 Å². The smallest absolute Gasteiger partial charge is 0.259 e. The van der Waals surface area contributed by atoms with Gasteiger partial charge in [-0.2, -0.15) is 14.4 Å². The van der Waals surface area contributed by atoms with E-state index in [1.165, 1.54) is 4.31 Å². The van der Waals surface area contributed by atoms with Gasteiger partial charge in [0.2, 0.25) is 10.0 Å². The fourth-order valence-corrected chi connectivity index (χ4v) is 5.32. The van der Waals surface area contributed by atoms with Crippen molar-refractivity contribution in [2.24, 2.45) is 7.05 Å². The molecule has 0 spiro atoms. The van der Waals surface area contributed by atoms with Crippen molar-refractivity contribution in [1.29, 1.82) is 0 Å². The van der Waals surface area contributed by atoms with Crippen molar-refractivity contribution in [2.75, 3.05) is 13.1 Å². The molecule has 9 nitrogen and oxygen atoms in total. The van der Waals surface area contributed by atoms with Gasteiger partial charge in [-0.1, -0.05) is 5.16 Å². The molecular formula is C17H20N6O3S. The fraction of sp³-hybridized carbons (Fsp3) is 0.412. The molecule has 27 heavy (non-hydrogen) atoms. The highest BCUT2D eigenvalue weighted by Crippen LogP contribution is 2.32. The van der Waals surface area contributed by atoms with Crippen molar-refractivity contribution in [3.05, 3.63) is 41.7 Å². The SMILES string of the molecule is Cc1nn(C)c(C)c1S(=O)(=O)N1CCC(c2noc(-c3cccnc3)n2)C1. The van der Waals surface area contributed by atoms with Crippen molar-refractivity contribution in [2.45, 2.75) is 31.1 Å². The molecule has 1 aliphatic heterocycles. The van der Waals surface area contributed by atoms with Gasteiger partial charge in [0.1, 0.15) is 4.90 Å². The highest BCUT2D eigenvalue weighted by Gasteiger charge is 2.38. The molecular weight excluding hydrogens is 368 g/mol. The first-order chi connectivity index (χ1) is 12.9. The summed E-state index contributed by atoms with van der Waals surface area (Å²) in [4.78, 5) is 8.76. The molecule has 0 aromatic carbocycles. The van der Waals surface area contributed by atoms with E-state index in [0.29, 0.717) is 42.6 Å². The van der Waals surface area contributed by atoms with Gasteiger partial charge in [-0.15, -0.1) is 0 Å². The summed E-state index contributed by atoms with van der Waals surface area (Å²) in [5, 5.41) is 8.28. The third-order valence-corrected chi connectivity index (χ3v) is 7.03. The third kappa shape index (κ3) is 3.04. The normalized spacial score (nSPS) is 18.3. The topological polar surface area (TPSA) is 107 Å². The lowest BCUT2D eigenvalue weighted by molar-refractivity contribution is 0.414. The lowest BCUT2D eigenvalue weighted by Crippen LogP contribution is -2.29. The number of pyridine rings is 1. The number of aryl methyl sites for hydroxylation is 2. The van der Waals surface area contributed by atoms with Gasteiger partial charge >= 0.3 is 0 Å². The summed E-state index contributed by atoms with van der Waals surface area (Å²) in [5.74, 6) is 0.802. The van der Waals surface area contributed by atoms with Crippen LogP contribution in [0.15, 0.2) is 33.9 Å². The van der Waals surface area contributed by atoms with Crippen LogP contribution in [0, 0.1) is 13.8 Å².